The fourth-order valence-electron chi connectivity index (χ4n) is 15.8. The van der Waals surface area contributed by atoms with Crippen molar-refractivity contribution in [3.8, 4) is 0 Å². The predicted molar refractivity (Wildman–Crippen MR) is 288 cm³/mol. The molecule has 4 fully saturated rings. The highest BCUT2D eigenvalue weighted by Gasteiger charge is 2.60. The zero-order valence-electron chi connectivity index (χ0n) is 45.6. The molecule has 1 heteroatoms. The van der Waals surface area contributed by atoms with Gasteiger partial charge in [0.15, 0.2) is 0 Å². The first-order chi connectivity index (χ1) is 31.2. The zero-order chi connectivity index (χ0) is 45.7. The highest BCUT2D eigenvalue weighted by atomic mass is 15.2. The van der Waals surface area contributed by atoms with Crippen molar-refractivity contribution in [2.24, 2.45) is 52.3 Å². The molecule has 0 aliphatic heterocycles. The topological polar surface area (TPSA) is 3.24 Å². The van der Waals surface area contributed by atoms with E-state index < -0.39 is 0 Å². The van der Waals surface area contributed by atoms with Gasteiger partial charge in [0.25, 0.3) is 0 Å². The molecule has 1 nitrogen and oxygen atoms in total. The van der Waals surface area contributed by atoms with E-state index in [-0.39, 0.29) is 0 Å². The molecule has 9 atom stereocenters. The van der Waals surface area contributed by atoms with Gasteiger partial charge in [-0.25, -0.2) is 0 Å². The summed E-state index contributed by atoms with van der Waals surface area (Å²) in [7, 11) is 0. The van der Waals surface area contributed by atoms with Crippen LogP contribution in [0.2, 0.25) is 0 Å². The Hall–Kier alpha value is -0.0400. The second-order valence-corrected chi connectivity index (χ2v) is 25.3. The second kappa shape index (κ2) is 33.5. The molecule has 4 saturated carbocycles. The summed E-state index contributed by atoms with van der Waals surface area (Å²) in [6.45, 7) is 20.6. The van der Waals surface area contributed by atoms with E-state index >= 15 is 0 Å². The highest BCUT2D eigenvalue weighted by Crippen LogP contribution is 2.68. The normalized spacial score (nSPS) is 28.5. The second-order valence-electron chi connectivity index (χ2n) is 25.3. The summed E-state index contributed by atoms with van der Waals surface area (Å²) in [5.41, 5.74) is 1.26. The molecule has 0 aromatic rings. The maximum absolute atomic E-state index is 3.11. The fourth-order valence-corrected chi connectivity index (χ4v) is 15.8. The zero-order valence-corrected chi connectivity index (χ0v) is 45.6. The first-order valence-corrected chi connectivity index (χ1v) is 31.0. The monoisotopic (exact) mass is 892 g/mol. The van der Waals surface area contributed by atoms with Gasteiger partial charge in [0.2, 0.25) is 0 Å². The Kier molecular flexibility index (Phi) is 29.6. The standard InChI is InChI=1S/C63H121N/c1-8-10-12-14-16-18-20-22-24-26-28-30-32-34-36-38-51-64(52-39-37-35-33-31-29-27-25-23-21-19-17-15-13-11-9-2)57-47-49-62(6)56(53-57)43-44-58-60-46-45-59(55(5)42-40-41-54(3)4)63(60,7)50-48-61(58)62/h54-61H,8-53H2,1-7H3/t55-,56?,57-,58?,59-,60?,61?,62+,63-/m1/s1. The van der Waals surface area contributed by atoms with Gasteiger partial charge in [-0.15, -0.1) is 0 Å². The first kappa shape index (κ1) is 56.5. The van der Waals surface area contributed by atoms with Crippen molar-refractivity contribution >= 4 is 0 Å². The summed E-state index contributed by atoms with van der Waals surface area (Å²) in [6.07, 6.45) is 65.4. The number of unbranched alkanes of at least 4 members (excludes halogenated alkanes) is 30. The van der Waals surface area contributed by atoms with Gasteiger partial charge in [-0.05, 0) is 136 Å². The van der Waals surface area contributed by atoms with Crippen LogP contribution in [0.1, 0.15) is 331 Å². The molecule has 0 bridgehead atoms. The average molecular weight is 893 g/mol. The minimum absolute atomic E-state index is 0.621. The van der Waals surface area contributed by atoms with E-state index in [0.29, 0.717) is 10.8 Å². The largest absolute Gasteiger partial charge is 0.300 e. The molecule has 0 spiro atoms. The van der Waals surface area contributed by atoms with E-state index in [4.69, 9.17) is 0 Å². The SMILES string of the molecule is CCCCCCCCCCCCCCCCCCN(CCCCCCCCCCCCCCCCCC)[C@@H]1CC[C@@]2(C)C(CCC3C2CC[C@@]2(C)C3CC[C@@H]2[C@H](C)CCCC(C)C)C1. The van der Waals surface area contributed by atoms with Crippen molar-refractivity contribution in [1.82, 2.24) is 4.90 Å². The van der Waals surface area contributed by atoms with Crippen molar-refractivity contribution in [3.63, 3.8) is 0 Å². The van der Waals surface area contributed by atoms with Crippen LogP contribution >= 0.6 is 0 Å². The lowest BCUT2D eigenvalue weighted by Gasteiger charge is -2.62. The fraction of sp³-hybridized carbons (Fsp3) is 1.00. The third-order valence-corrected chi connectivity index (χ3v) is 20.0. The van der Waals surface area contributed by atoms with Gasteiger partial charge in [-0.3, -0.25) is 0 Å². The Morgan fingerprint density at radius 1 is 0.406 bits per heavy atom. The summed E-state index contributed by atoms with van der Waals surface area (Å²) >= 11 is 0. The molecule has 4 aliphatic carbocycles. The van der Waals surface area contributed by atoms with Gasteiger partial charge in [0.05, 0.1) is 0 Å². The summed E-state index contributed by atoms with van der Waals surface area (Å²) in [6, 6.07) is 0.874. The molecule has 0 aromatic heterocycles. The lowest BCUT2D eigenvalue weighted by atomic mass is 9.44. The van der Waals surface area contributed by atoms with E-state index in [9.17, 15) is 0 Å². The van der Waals surface area contributed by atoms with Crippen LogP contribution in [0.3, 0.4) is 0 Å². The number of hydrogen-bond donors (Lipinski definition) is 0. The van der Waals surface area contributed by atoms with Crippen LogP contribution in [0.15, 0.2) is 0 Å². The van der Waals surface area contributed by atoms with Gasteiger partial charge in [0.1, 0.15) is 0 Å². The molecule has 4 rings (SSSR count). The summed E-state index contributed by atoms with van der Waals surface area (Å²) in [5, 5.41) is 0. The van der Waals surface area contributed by atoms with Crippen LogP contribution in [0.5, 0.6) is 0 Å². The Labute approximate surface area is 405 Å². The maximum atomic E-state index is 3.11. The van der Waals surface area contributed by atoms with Crippen molar-refractivity contribution in [2.75, 3.05) is 13.1 Å². The molecule has 64 heavy (non-hydrogen) atoms. The van der Waals surface area contributed by atoms with E-state index in [1.807, 2.05) is 0 Å². The Morgan fingerprint density at radius 2 is 0.812 bits per heavy atom. The van der Waals surface area contributed by atoms with Crippen molar-refractivity contribution in [2.45, 2.75) is 337 Å². The van der Waals surface area contributed by atoms with E-state index in [1.54, 1.807) is 38.5 Å². The average Bonchev–Trinajstić information content (AvgIpc) is 3.65. The molecule has 0 radical (unpaired) electrons. The van der Waals surface area contributed by atoms with E-state index in [1.165, 1.54) is 257 Å². The number of hydrogen-bond acceptors (Lipinski definition) is 1. The van der Waals surface area contributed by atoms with Crippen LogP contribution in [0, 0.1) is 52.3 Å². The summed E-state index contributed by atoms with van der Waals surface area (Å²) < 4.78 is 0. The van der Waals surface area contributed by atoms with Gasteiger partial charge in [-0.1, -0.05) is 260 Å². The number of rotatable bonds is 40. The van der Waals surface area contributed by atoms with E-state index in [0.717, 1.165) is 47.5 Å². The smallest absolute Gasteiger partial charge is 0.00983 e. The van der Waals surface area contributed by atoms with Gasteiger partial charge < -0.3 is 4.90 Å². The van der Waals surface area contributed by atoms with Crippen LogP contribution < -0.4 is 0 Å². The molecular formula is C63H121N. The van der Waals surface area contributed by atoms with Gasteiger partial charge in [0, 0.05) is 6.04 Å². The minimum Gasteiger partial charge on any atom is -0.300 e. The lowest BCUT2D eigenvalue weighted by molar-refractivity contribution is -0.124. The summed E-state index contributed by atoms with van der Waals surface area (Å²) in [4.78, 5) is 3.11. The quantitative estimate of drug-likeness (QED) is 0.0554. The molecule has 0 N–H and O–H groups in total. The number of nitrogens with zero attached hydrogens (tertiary/aromatic N) is 1. The lowest BCUT2D eigenvalue weighted by Crippen LogP contribution is -2.55. The molecule has 378 valence electrons. The molecule has 0 saturated heterocycles. The third-order valence-electron chi connectivity index (χ3n) is 20.0. The van der Waals surface area contributed by atoms with Gasteiger partial charge >= 0.3 is 0 Å². The summed E-state index contributed by atoms with van der Waals surface area (Å²) in [5.74, 6) is 6.87. The highest BCUT2D eigenvalue weighted by molar-refractivity contribution is 5.10. The molecule has 4 unspecified atom stereocenters. The van der Waals surface area contributed by atoms with Crippen LogP contribution in [-0.4, -0.2) is 24.0 Å². The van der Waals surface area contributed by atoms with Crippen molar-refractivity contribution in [1.29, 1.82) is 0 Å². The van der Waals surface area contributed by atoms with Crippen molar-refractivity contribution < 1.29 is 0 Å². The van der Waals surface area contributed by atoms with Gasteiger partial charge in [-0.2, -0.15) is 0 Å². The predicted octanol–water partition coefficient (Wildman–Crippen LogP) is 21.3. The van der Waals surface area contributed by atoms with Crippen LogP contribution in [0.4, 0.5) is 0 Å². The Balaban J connectivity index is 1.17. The molecular weight excluding hydrogens is 771 g/mol. The van der Waals surface area contributed by atoms with E-state index in [2.05, 4.69) is 53.4 Å². The maximum Gasteiger partial charge on any atom is 0.00983 e. The Bertz CT molecular complexity index is 1060. The number of fused-ring (bicyclic) bond motifs is 5. The van der Waals surface area contributed by atoms with Crippen LogP contribution in [0.25, 0.3) is 0 Å². The van der Waals surface area contributed by atoms with Crippen LogP contribution in [-0.2, 0) is 0 Å². The minimum atomic E-state index is 0.621. The van der Waals surface area contributed by atoms with Crippen molar-refractivity contribution in [3.05, 3.63) is 0 Å². The molecule has 0 heterocycles. The molecule has 4 aliphatic rings. The molecule has 0 amide bonds. The third kappa shape index (κ3) is 19.8. The Morgan fingerprint density at radius 3 is 1.25 bits per heavy atom. The molecule has 0 aromatic carbocycles. The first-order valence-electron chi connectivity index (χ1n) is 31.0.